The molecular formula is C30H31N5O. The van der Waals surface area contributed by atoms with Crippen molar-refractivity contribution < 1.29 is 4.79 Å². The summed E-state index contributed by atoms with van der Waals surface area (Å²) < 4.78 is 0. The number of rotatable bonds is 8. The number of hydrogen-bond donors (Lipinski definition) is 0. The summed E-state index contributed by atoms with van der Waals surface area (Å²) in [7, 11) is 0. The molecule has 36 heavy (non-hydrogen) atoms. The summed E-state index contributed by atoms with van der Waals surface area (Å²) in [6, 6.07) is 18.8. The summed E-state index contributed by atoms with van der Waals surface area (Å²) in [6.45, 7) is 3.70. The number of nitrogens with zero attached hydrogens (tertiary/aromatic N) is 5. The topological polar surface area (TPSA) is 62.2 Å². The van der Waals surface area contributed by atoms with Crippen molar-refractivity contribution in [3.05, 3.63) is 78.8 Å². The Labute approximate surface area is 212 Å². The first-order valence-electron chi connectivity index (χ1n) is 13.0. The minimum absolute atomic E-state index is 0.352. The molecule has 2 fully saturated rings. The van der Waals surface area contributed by atoms with Gasteiger partial charge in [0.15, 0.2) is 0 Å². The van der Waals surface area contributed by atoms with Gasteiger partial charge in [0.05, 0.1) is 17.2 Å². The maximum Gasteiger partial charge on any atom is 0.147 e. The monoisotopic (exact) mass is 477 g/mol. The lowest BCUT2D eigenvalue weighted by Crippen LogP contribution is -2.46. The van der Waals surface area contributed by atoms with E-state index in [0.717, 1.165) is 78.5 Å². The molecule has 2 aromatic heterocycles. The lowest BCUT2D eigenvalue weighted by Gasteiger charge is -2.36. The van der Waals surface area contributed by atoms with Crippen molar-refractivity contribution in [2.75, 3.05) is 36.0 Å². The molecule has 0 unspecified atom stereocenters. The van der Waals surface area contributed by atoms with Crippen LogP contribution in [0, 0.1) is 5.92 Å². The molecule has 0 amide bonds. The summed E-state index contributed by atoms with van der Waals surface area (Å²) in [6.07, 6.45) is 10.5. The fraction of sp³-hybridized carbons (Fsp3) is 0.333. The van der Waals surface area contributed by atoms with E-state index < -0.39 is 0 Å². The van der Waals surface area contributed by atoms with Crippen molar-refractivity contribution in [3.63, 3.8) is 0 Å². The van der Waals surface area contributed by atoms with Gasteiger partial charge in [0.2, 0.25) is 0 Å². The second-order valence-corrected chi connectivity index (χ2v) is 10.0. The fourth-order valence-corrected chi connectivity index (χ4v) is 4.98. The van der Waals surface area contributed by atoms with E-state index in [1.54, 1.807) is 0 Å². The quantitative estimate of drug-likeness (QED) is 0.342. The van der Waals surface area contributed by atoms with Crippen LogP contribution in [-0.2, 0) is 11.2 Å². The Morgan fingerprint density at radius 2 is 1.56 bits per heavy atom. The third kappa shape index (κ3) is 5.23. The van der Waals surface area contributed by atoms with E-state index in [1.807, 2.05) is 24.7 Å². The zero-order valence-electron chi connectivity index (χ0n) is 20.5. The van der Waals surface area contributed by atoms with Crippen molar-refractivity contribution in [1.82, 2.24) is 15.0 Å². The number of Topliss-reactive ketones (excluding diaryl/α,β-unsaturated/α-hetero) is 1. The lowest BCUT2D eigenvalue weighted by molar-refractivity contribution is -0.118. The van der Waals surface area contributed by atoms with E-state index in [9.17, 15) is 4.79 Å². The van der Waals surface area contributed by atoms with Gasteiger partial charge in [-0.3, -0.25) is 14.8 Å². The first-order chi connectivity index (χ1) is 17.7. The number of piperazine rings is 1. The van der Waals surface area contributed by atoms with Gasteiger partial charge >= 0.3 is 0 Å². The molecule has 6 heteroatoms. The molecule has 6 nitrogen and oxygen atoms in total. The maximum atomic E-state index is 12.3. The van der Waals surface area contributed by atoms with Gasteiger partial charge in [-0.15, -0.1) is 0 Å². The van der Waals surface area contributed by atoms with Crippen LogP contribution in [0.3, 0.4) is 0 Å². The van der Waals surface area contributed by atoms with Crippen molar-refractivity contribution >= 4 is 28.3 Å². The van der Waals surface area contributed by atoms with Crippen LogP contribution >= 0.6 is 0 Å². The molecule has 1 saturated carbocycles. The Hall–Kier alpha value is -3.80. The van der Waals surface area contributed by atoms with E-state index in [0.29, 0.717) is 12.2 Å². The predicted molar refractivity (Wildman–Crippen MR) is 144 cm³/mol. The molecule has 1 aliphatic heterocycles. The third-order valence-electron chi connectivity index (χ3n) is 7.38. The number of hydrogen-bond acceptors (Lipinski definition) is 6. The molecule has 182 valence electrons. The Morgan fingerprint density at radius 1 is 0.833 bits per heavy atom. The highest BCUT2D eigenvalue weighted by Crippen LogP contribution is 2.33. The Morgan fingerprint density at radius 3 is 2.31 bits per heavy atom. The van der Waals surface area contributed by atoms with Gasteiger partial charge in [-0.05, 0) is 53.3 Å². The minimum Gasteiger partial charge on any atom is -0.368 e. The molecule has 4 aromatic rings. The molecule has 0 spiro atoms. The van der Waals surface area contributed by atoms with Crippen molar-refractivity contribution in [3.8, 4) is 11.1 Å². The lowest BCUT2D eigenvalue weighted by atomic mass is 10.00. The van der Waals surface area contributed by atoms with Crippen molar-refractivity contribution in [2.24, 2.45) is 5.92 Å². The smallest absolute Gasteiger partial charge is 0.147 e. The number of carbonyl (C=O) groups excluding carboxylic acids is 1. The molecule has 2 aliphatic rings. The van der Waals surface area contributed by atoms with Crippen LogP contribution in [-0.4, -0.2) is 46.9 Å². The second kappa shape index (κ2) is 10.1. The van der Waals surface area contributed by atoms with Crippen molar-refractivity contribution in [2.45, 2.75) is 32.1 Å². The molecule has 0 atom stereocenters. The summed E-state index contributed by atoms with van der Waals surface area (Å²) in [5.41, 5.74) is 6.35. The summed E-state index contributed by atoms with van der Waals surface area (Å²) in [5, 5.41) is 0. The van der Waals surface area contributed by atoms with E-state index in [1.165, 1.54) is 18.5 Å². The normalized spacial score (nSPS) is 15.9. The Kier molecular flexibility index (Phi) is 6.33. The highest BCUT2D eigenvalue weighted by molar-refractivity contribution is 5.83. The van der Waals surface area contributed by atoms with E-state index in [4.69, 9.17) is 4.98 Å². The number of carbonyl (C=O) groups is 1. The molecule has 1 saturated heterocycles. The summed E-state index contributed by atoms with van der Waals surface area (Å²) >= 11 is 0. The van der Waals surface area contributed by atoms with Crippen LogP contribution in [0.2, 0.25) is 0 Å². The number of fused-ring (bicyclic) bond motifs is 1. The van der Waals surface area contributed by atoms with E-state index in [-0.39, 0.29) is 0 Å². The molecular weight excluding hydrogens is 446 g/mol. The van der Waals surface area contributed by atoms with Crippen LogP contribution in [0.1, 0.15) is 31.2 Å². The average molecular weight is 478 g/mol. The number of benzene rings is 2. The molecule has 0 bridgehead atoms. The van der Waals surface area contributed by atoms with E-state index >= 15 is 0 Å². The van der Waals surface area contributed by atoms with Gasteiger partial charge in [0.25, 0.3) is 0 Å². The number of aromatic nitrogens is 3. The third-order valence-corrected chi connectivity index (χ3v) is 7.38. The first-order valence-corrected chi connectivity index (χ1v) is 13.0. The molecule has 1 aliphatic carbocycles. The molecule has 0 N–H and O–H groups in total. The van der Waals surface area contributed by atoms with Gasteiger partial charge < -0.3 is 9.80 Å². The highest BCUT2D eigenvalue weighted by atomic mass is 16.1. The Bertz CT molecular complexity index is 1340. The van der Waals surface area contributed by atoms with Crippen LogP contribution in [0.25, 0.3) is 22.2 Å². The standard InChI is InChI=1S/C30H31N5O/c36-27(9-5-22-1-2-22)19-23-3-6-24(7-4-23)25-8-10-28-29(20-25)33-30(21-32-28)35-17-15-34(16-18-35)26-11-13-31-14-12-26/h3-4,6-8,10-14,20-22H,1-2,5,9,15-19H2. The van der Waals surface area contributed by atoms with Gasteiger partial charge in [0, 0.05) is 57.1 Å². The van der Waals surface area contributed by atoms with Crippen LogP contribution < -0.4 is 9.80 Å². The Balaban J connectivity index is 1.13. The summed E-state index contributed by atoms with van der Waals surface area (Å²) in [5.74, 6) is 2.09. The van der Waals surface area contributed by atoms with Gasteiger partial charge in [-0.2, -0.15) is 0 Å². The molecule has 3 heterocycles. The second-order valence-electron chi connectivity index (χ2n) is 10.0. The molecule has 0 radical (unpaired) electrons. The van der Waals surface area contributed by atoms with Crippen LogP contribution in [0.5, 0.6) is 0 Å². The molecule has 6 rings (SSSR count). The van der Waals surface area contributed by atoms with Crippen LogP contribution in [0.4, 0.5) is 11.5 Å². The number of pyridine rings is 1. The van der Waals surface area contributed by atoms with Crippen molar-refractivity contribution in [1.29, 1.82) is 0 Å². The van der Waals surface area contributed by atoms with E-state index in [2.05, 4.69) is 68.3 Å². The number of ketones is 1. The largest absolute Gasteiger partial charge is 0.368 e. The zero-order chi connectivity index (χ0) is 24.3. The average Bonchev–Trinajstić information content (AvgIpc) is 3.77. The minimum atomic E-state index is 0.352. The van der Waals surface area contributed by atoms with Gasteiger partial charge in [-0.25, -0.2) is 4.98 Å². The summed E-state index contributed by atoms with van der Waals surface area (Å²) in [4.78, 5) is 30.7. The number of anilines is 2. The van der Waals surface area contributed by atoms with Gasteiger partial charge in [0.1, 0.15) is 11.6 Å². The zero-order valence-corrected chi connectivity index (χ0v) is 20.5. The maximum absolute atomic E-state index is 12.3. The highest BCUT2D eigenvalue weighted by Gasteiger charge is 2.22. The first kappa shape index (κ1) is 22.7. The van der Waals surface area contributed by atoms with Gasteiger partial charge in [-0.1, -0.05) is 43.2 Å². The fourth-order valence-electron chi connectivity index (χ4n) is 4.98. The van der Waals surface area contributed by atoms with Crippen LogP contribution in [0.15, 0.2) is 73.2 Å². The predicted octanol–water partition coefficient (Wildman–Crippen LogP) is 5.32. The molecule has 2 aromatic carbocycles. The SMILES string of the molecule is O=C(CCC1CC1)Cc1ccc(-c2ccc3ncc(N4CCN(c5ccncc5)CC4)nc3c2)cc1.